The fourth-order valence-corrected chi connectivity index (χ4v) is 1.82. The van der Waals surface area contributed by atoms with Crippen LogP contribution in [0.2, 0.25) is 0 Å². The largest absolute Gasteiger partial charge is 0.491 e. The van der Waals surface area contributed by atoms with Gasteiger partial charge in [-0.3, -0.25) is 0 Å². The lowest BCUT2D eigenvalue weighted by molar-refractivity contribution is 0.201. The van der Waals surface area contributed by atoms with Crippen LogP contribution in [-0.4, -0.2) is 36.6 Å². The van der Waals surface area contributed by atoms with Crippen molar-refractivity contribution in [3.05, 3.63) is 36.4 Å². The SMILES string of the molecule is CC.OCCOc1cccc2c(OCCO)cccc12. The molecule has 0 aliphatic carbocycles. The smallest absolute Gasteiger partial charge is 0.127 e. The molecule has 20 heavy (non-hydrogen) atoms. The van der Waals surface area contributed by atoms with Gasteiger partial charge < -0.3 is 19.7 Å². The van der Waals surface area contributed by atoms with Gasteiger partial charge in [-0.25, -0.2) is 0 Å². The molecular weight excluding hydrogens is 256 g/mol. The molecule has 0 heterocycles. The first-order valence-corrected chi connectivity index (χ1v) is 6.86. The van der Waals surface area contributed by atoms with Crippen LogP contribution >= 0.6 is 0 Å². The van der Waals surface area contributed by atoms with Gasteiger partial charge in [-0.15, -0.1) is 0 Å². The molecule has 0 fully saturated rings. The first-order chi connectivity index (χ1) is 9.86. The molecule has 4 nitrogen and oxygen atoms in total. The summed E-state index contributed by atoms with van der Waals surface area (Å²) in [6.07, 6.45) is 0. The van der Waals surface area contributed by atoms with Crippen molar-refractivity contribution in [2.24, 2.45) is 0 Å². The Morgan fingerprint density at radius 2 is 1.15 bits per heavy atom. The van der Waals surface area contributed by atoms with Crippen molar-refractivity contribution >= 4 is 10.8 Å². The predicted octanol–water partition coefficient (Wildman–Crippen LogP) is 2.61. The van der Waals surface area contributed by atoms with Gasteiger partial charge in [-0.2, -0.15) is 0 Å². The molecule has 4 heteroatoms. The number of benzene rings is 2. The van der Waals surface area contributed by atoms with Crippen LogP contribution in [0.3, 0.4) is 0 Å². The lowest BCUT2D eigenvalue weighted by Crippen LogP contribution is -2.03. The first kappa shape index (κ1) is 16.3. The van der Waals surface area contributed by atoms with Gasteiger partial charge >= 0.3 is 0 Å². The van der Waals surface area contributed by atoms with Crippen LogP contribution in [0.15, 0.2) is 36.4 Å². The monoisotopic (exact) mass is 278 g/mol. The third-order valence-corrected chi connectivity index (χ3v) is 2.54. The summed E-state index contributed by atoms with van der Waals surface area (Å²) in [7, 11) is 0. The van der Waals surface area contributed by atoms with Crippen molar-refractivity contribution in [3.63, 3.8) is 0 Å². The van der Waals surface area contributed by atoms with Crippen LogP contribution < -0.4 is 9.47 Å². The second-order valence-corrected chi connectivity index (χ2v) is 3.75. The predicted molar refractivity (Wildman–Crippen MR) is 80.5 cm³/mol. The zero-order valence-electron chi connectivity index (χ0n) is 12.0. The summed E-state index contributed by atoms with van der Waals surface area (Å²) in [5, 5.41) is 19.4. The van der Waals surface area contributed by atoms with E-state index in [0.717, 1.165) is 22.3 Å². The molecule has 0 saturated heterocycles. The molecule has 0 radical (unpaired) electrons. The molecule has 2 N–H and O–H groups in total. The van der Waals surface area contributed by atoms with Gasteiger partial charge in [0.05, 0.1) is 13.2 Å². The minimum absolute atomic E-state index is 0.0168. The molecule has 110 valence electrons. The van der Waals surface area contributed by atoms with E-state index in [0.29, 0.717) is 0 Å². The average Bonchev–Trinajstić information content (AvgIpc) is 2.52. The number of ether oxygens (including phenoxy) is 2. The number of fused-ring (bicyclic) bond motifs is 1. The maximum Gasteiger partial charge on any atom is 0.127 e. The molecule has 0 spiro atoms. The molecule has 0 amide bonds. The van der Waals surface area contributed by atoms with E-state index >= 15 is 0 Å². The van der Waals surface area contributed by atoms with E-state index in [1.54, 1.807) is 0 Å². The molecule has 0 atom stereocenters. The Labute approximate surface area is 119 Å². The normalized spacial score (nSPS) is 9.80. The van der Waals surface area contributed by atoms with E-state index in [-0.39, 0.29) is 26.4 Å². The van der Waals surface area contributed by atoms with Crippen molar-refractivity contribution in [3.8, 4) is 11.5 Å². The number of hydrogen-bond acceptors (Lipinski definition) is 4. The van der Waals surface area contributed by atoms with Crippen LogP contribution in [-0.2, 0) is 0 Å². The van der Waals surface area contributed by atoms with Crippen LogP contribution in [0, 0.1) is 0 Å². The molecule has 0 bridgehead atoms. The van der Waals surface area contributed by atoms with Crippen molar-refractivity contribution in [1.82, 2.24) is 0 Å². The summed E-state index contributed by atoms with van der Waals surface area (Å²) in [5.41, 5.74) is 0. The highest BCUT2D eigenvalue weighted by atomic mass is 16.5. The molecule has 2 rings (SSSR count). The van der Waals surface area contributed by atoms with Crippen LogP contribution in [0.4, 0.5) is 0 Å². The number of hydrogen-bond donors (Lipinski definition) is 2. The van der Waals surface area contributed by atoms with E-state index in [9.17, 15) is 0 Å². The average molecular weight is 278 g/mol. The Kier molecular flexibility index (Phi) is 7.47. The Morgan fingerprint density at radius 3 is 1.50 bits per heavy atom. The number of aliphatic hydroxyl groups is 2. The van der Waals surface area contributed by atoms with Gasteiger partial charge in [0, 0.05) is 10.8 Å². The second kappa shape index (κ2) is 9.18. The Hall–Kier alpha value is -1.78. The fraction of sp³-hybridized carbons (Fsp3) is 0.375. The van der Waals surface area contributed by atoms with Gasteiger partial charge in [0.15, 0.2) is 0 Å². The molecule has 0 aliphatic rings. The second-order valence-electron chi connectivity index (χ2n) is 3.75. The lowest BCUT2D eigenvalue weighted by atomic mass is 10.1. The number of aliphatic hydroxyl groups excluding tert-OH is 2. The van der Waals surface area contributed by atoms with Crippen molar-refractivity contribution in [2.75, 3.05) is 26.4 Å². The lowest BCUT2D eigenvalue weighted by Gasteiger charge is -2.11. The quantitative estimate of drug-likeness (QED) is 0.852. The van der Waals surface area contributed by atoms with E-state index in [1.807, 2.05) is 50.2 Å². The molecule has 2 aromatic carbocycles. The molecule has 0 aliphatic heterocycles. The summed E-state index contributed by atoms with van der Waals surface area (Å²) >= 11 is 0. The minimum atomic E-state index is -0.0168. The van der Waals surface area contributed by atoms with E-state index in [2.05, 4.69) is 0 Å². The maximum absolute atomic E-state index is 8.79. The summed E-state index contributed by atoms with van der Waals surface area (Å²) in [4.78, 5) is 0. The number of rotatable bonds is 6. The van der Waals surface area contributed by atoms with Gasteiger partial charge in [0.1, 0.15) is 24.7 Å². The van der Waals surface area contributed by atoms with Gasteiger partial charge in [0.25, 0.3) is 0 Å². The van der Waals surface area contributed by atoms with Crippen LogP contribution in [0.25, 0.3) is 10.8 Å². The molecule has 0 saturated carbocycles. The van der Waals surface area contributed by atoms with Gasteiger partial charge in [0.2, 0.25) is 0 Å². The standard InChI is InChI=1S/C14H16O4.C2H6/c15-7-9-17-13-5-1-3-11-12(13)4-2-6-14(11)18-10-8-16;1-2/h1-6,15-16H,7-10H2;1-2H3. The van der Waals surface area contributed by atoms with E-state index < -0.39 is 0 Å². The third-order valence-electron chi connectivity index (χ3n) is 2.54. The Bertz CT molecular complexity index is 464. The third kappa shape index (κ3) is 4.11. The van der Waals surface area contributed by atoms with Gasteiger partial charge in [-0.05, 0) is 12.1 Å². The van der Waals surface area contributed by atoms with Crippen LogP contribution in [0.1, 0.15) is 13.8 Å². The maximum atomic E-state index is 8.79. The first-order valence-electron chi connectivity index (χ1n) is 6.86. The van der Waals surface area contributed by atoms with Gasteiger partial charge in [-0.1, -0.05) is 38.1 Å². The summed E-state index contributed by atoms with van der Waals surface area (Å²) in [5.74, 6) is 1.44. The van der Waals surface area contributed by atoms with E-state index in [4.69, 9.17) is 19.7 Å². The zero-order valence-corrected chi connectivity index (χ0v) is 12.0. The highest BCUT2D eigenvalue weighted by Crippen LogP contribution is 2.32. The van der Waals surface area contributed by atoms with Crippen molar-refractivity contribution in [1.29, 1.82) is 0 Å². The van der Waals surface area contributed by atoms with Crippen LogP contribution in [0.5, 0.6) is 11.5 Å². The highest BCUT2D eigenvalue weighted by molar-refractivity contribution is 5.93. The Morgan fingerprint density at radius 1 is 0.750 bits per heavy atom. The van der Waals surface area contributed by atoms with Crippen molar-refractivity contribution in [2.45, 2.75) is 13.8 Å². The molecule has 0 unspecified atom stereocenters. The topological polar surface area (TPSA) is 58.9 Å². The fourth-order valence-electron chi connectivity index (χ4n) is 1.82. The Balaban J connectivity index is 0.000000956. The highest BCUT2D eigenvalue weighted by Gasteiger charge is 2.06. The molecule has 0 aromatic heterocycles. The minimum Gasteiger partial charge on any atom is -0.491 e. The summed E-state index contributed by atoms with van der Waals surface area (Å²) < 4.78 is 10.9. The summed E-state index contributed by atoms with van der Waals surface area (Å²) in [6, 6.07) is 11.3. The zero-order chi connectivity index (χ0) is 14.8. The molecule has 2 aromatic rings. The summed E-state index contributed by atoms with van der Waals surface area (Å²) in [6.45, 7) is 4.50. The molecular formula is C16H22O4. The van der Waals surface area contributed by atoms with Crippen molar-refractivity contribution < 1.29 is 19.7 Å². The van der Waals surface area contributed by atoms with E-state index in [1.165, 1.54) is 0 Å².